The summed E-state index contributed by atoms with van der Waals surface area (Å²) in [6.45, 7) is 10.3. The Labute approximate surface area is 104 Å². The highest BCUT2D eigenvalue weighted by Gasteiger charge is 2.39. The van der Waals surface area contributed by atoms with Crippen LogP contribution in [0.15, 0.2) is 0 Å². The number of rotatable bonds is 2. The van der Waals surface area contributed by atoms with Crippen molar-refractivity contribution in [3.8, 4) is 0 Å². The van der Waals surface area contributed by atoms with Gasteiger partial charge in [0.25, 0.3) is 0 Å². The predicted molar refractivity (Wildman–Crippen MR) is 68.9 cm³/mol. The number of esters is 1. The van der Waals surface area contributed by atoms with Gasteiger partial charge in [0.05, 0.1) is 5.25 Å². The Morgan fingerprint density at radius 3 is 2.12 bits per heavy atom. The fourth-order valence-electron chi connectivity index (χ4n) is 2.57. The minimum absolute atomic E-state index is 0.00616. The van der Waals surface area contributed by atoms with E-state index in [1.165, 1.54) is 0 Å². The third kappa shape index (κ3) is 3.98. The van der Waals surface area contributed by atoms with E-state index in [0.717, 1.165) is 12.8 Å². The smallest absolute Gasteiger partial charge is 0.318 e. The molecule has 94 valence electrons. The topological polar surface area (TPSA) is 38.3 Å². The predicted octanol–water partition coefficient (Wildman–Crippen LogP) is 2.16. The number of nitrogens with one attached hydrogen (secondary N) is 1. The highest BCUT2D eigenvalue weighted by atomic mass is 32.1. The molecule has 1 heterocycles. The second kappa shape index (κ2) is 4.57. The van der Waals surface area contributed by atoms with Crippen LogP contribution < -0.4 is 5.32 Å². The van der Waals surface area contributed by atoms with Gasteiger partial charge in [-0.3, -0.25) is 4.79 Å². The Balaban J connectivity index is 2.64. The van der Waals surface area contributed by atoms with Gasteiger partial charge in [0.15, 0.2) is 0 Å². The number of ether oxygens (including phenoxy) is 1. The van der Waals surface area contributed by atoms with Gasteiger partial charge in [-0.15, -0.1) is 0 Å². The van der Waals surface area contributed by atoms with Gasteiger partial charge in [0.2, 0.25) is 0 Å². The summed E-state index contributed by atoms with van der Waals surface area (Å²) in [7, 11) is 0. The van der Waals surface area contributed by atoms with Crippen molar-refractivity contribution in [1.82, 2.24) is 5.32 Å². The van der Waals surface area contributed by atoms with Gasteiger partial charge >= 0.3 is 5.97 Å². The lowest BCUT2D eigenvalue weighted by atomic mass is 9.81. The van der Waals surface area contributed by atoms with Crippen LogP contribution in [-0.4, -0.2) is 28.4 Å². The molecule has 1 aliphatic heterocycles. The van der Waals surface area contributed by atoms with E-state index in [9.17, 15) is 4.79 Å². The third-order valence-corrected chi connectivity index (χ3v) is 2.99. The molecule has 4 heteroatoms. The van der Waals surface area contributed by atoms with Gasteiger partial charge in [-0.05, 0) is 34.6 Å². The molecule has 1 atom stereocenters. The molecule has 0 aromatic rings. The van der Waals surface area contributed by atoms with Gasteiger partial charge in [-0.1, -0.05) is 0 Å². The van der Waals surface area contributed by atoms with Gasteiger partial charge in [-0.25, -0.2) is 0 Å². The number of hydrogen-bond donors (Lipinski definition) is 2. The molecule has 0 aliphatic carbocycles. The molecule has 0 aromatic carbocycles. The Morgan fingerprint density at radius 1 is 1.31 bits per heavy atom. The molecule has 0 radical (unpaired) electrons. The molecular formula is C12H23NO2S. The van der Waals surface area contributed by atoms with E-state index in [0.29, 0.717) is 0 Å². The summed E-state index contributed by atoms with van der Waals surface area (Å²) in [6.07, 6.45) is 1.69. The minimum Gasteiger partial charge on any atom is -0.461 e. The van der Waals surface area contributed by atoms with E-state index in [-0.39, 0.29) is 28.4 Å². The number of carbonyl (C=O) groups is 1. The van der Waals surface area contributed by atoms with E-state index in [1.54, 1.807) is 6.92 Å². The normalized spacial score (nSPS) is 26.1. The molecule has 1 rings (SSSR count). The Kier molecular flexibility index (Phi) is 3.95. The molecule has 1 saturated heterocycles. The van der Waals surface area contributed by atoms with Crippen LogP contribution in [0.5, 0.6) is 0 Å². The van der Waals surface area contributed by atoms with Crippen molar-refractivity contribution < 1.29 is 9.53 Å². The number of carbonyl (C=O) groups excluding carboxylic acids is 1. The van der Waals surface area contributed by atoms with E-state index in [2.05, 4.69) is 45.6 Å². The maximum absolute atomic E-state index is 11.5. The Hall–Kier alpha value is -0.220. The van der Waals surface area contributed by atoms with Gasteiger partial charge in [0.1, 0.15) is 6.10 Å². The first-order valence-corrected chi connectivity index (χ1v) is 6.31. The van der Waals surface area contributed by atoms with Gasteiger partial charge < -0.3 is 10.1 Å². The van der Waals surface area contributed by atoms with Crippen molar-refractivity contribution in [2.45, 2.75) is 69.9 Å². The summed E-state index contributed by atoms with van der Waals surface area (Å²) in [6, 6.07) is 0. The molecule has 1 unspecified atom stereocenters. The molecule has 1 aliphatic rings. The summed E-state index contributed by atoms with van der Waals surface area (Å²) >= 11 is 4.09. The summed E-state index contributed by atoms with van der Waals surface area (Å²) in [5.74, 6) is -0.221. The fraction of sp³-hybridized carbons (Fsp3) is 0.917. The molecule has 0 spiro atoms. The lowest BCUT2D eigenvalue weighted by Gasteiger charge is -2.46. The molecule has 0 bridgehead atoms. The standard InChI is InChI=1S/C12H23NO2S/c1-8(16)10(14)15-9-6-11(2,3)13-12(4,5)7-9/h8-9,13,16H,6-7H2,1-5H3. The molecule has 0 saturated carbocycles. The first-order valence-electron chi connectivity index (χ1n) is 5.79. The van der Waals surface area contributed by atoms with Crippen molar-refractivity contribution >= 4 is 18.6 Å². The van der Waals surface area contributed by atoms with Crippen molar-refractivity contribution in [2.24, 2.45) is 0 Å². The SMILES string of the molecule is CC(S)C(=O)OC1CC(C)(C)NC(C)(C)C1. The average molecular weight is 245 g/mol. The average Bonchev–Trinajstić information content (AvgIpc) is 1.96. The van der Waals surface area contributed by atoms with Crippen molar-refractivity contribution in [2.75, 3.05) is 0 Å². The first-order chi connectivity index (χ1) is 7.11. The highest BCUT2D eigenvalue weighted by Crippen LogP contribution is 2.30. The van der Waals surface area contributed by atoms with Crippen LogP contribution in [0, 0.1) is 0 Å². The Morgan fingerprint density at radius 2 is 1.75 bits per heavy atom. The van der Waals surface area contributed by atoms with Crippen LogP contribution in [0.4, 0.5) is 0 Å². The molecular weight excluding hydrogens is 222 g/mol. The van der Waals surface area contributed by atoms with Crippen LogP contribution in [0.25, 0.3) is 0 Å². The number of thiol groups is 1. The largest absolute Gasteiger partial charge is 0.461 e. The second-order valence-electron chi connectivity index (χ2n) is 6.04. The van der Waals surface area contributed by atoms with Crippen LogP contribution in [0.3, 0.4) is 0 Å². The number of piperidine rings is 1. The van der Waals surface area contributed by atoms with Crippen molar-refractivity contribution in [1.29, 1.82) is 0 Å². The molecule has 1 fully saturated rings. The zero-order valence-corrected chi connectivity index (χ0v) is 11.7. The number of hydrogen-bond acceptors (Lipinski definition) is 4. The van der Waals surface area contributed by atoms with E-state index < -0.39 is 0 Å². The molecule has 16 heavy (non-hydrogen) atoms. The maximum atomic E-state index is 11.5. The third-order valence-electron chi connectivity index (χ3n) is 2.78. The van der Waals surface area contributed by atoms with Crippen LogP contribution in [0.1, 0.15) is 47.5 Å². The van der Waals surface area contributed by atoms with E-state index in [1.807, 2.05) is 0 Å². The van der Waals surface area contributed by atoms with Crippen molar-refractivity contribution in [3.05, 3.63) is 0 Å². The van der Waals surface area contributed by atoms with Crippen LogP contribution >= 0.6 is 12.6 Å². The summed E-state index contributed by atoms with van der Waals surface area (Å²) in [4.78, 5) is 11.5. The fourth-order valence-corrected chi connectivity index (χ4v) is 2.64. The van der Waals surface area contributed by atoms with E-state index in [4.69, 9.17) is 4.74 Å². The van der Waals surface area contributed by atoms with E-state index >= 15 is 0 Å². The molecule has 0 amide bonds. The zero-order chi connectivity index (χ0) is 12.6. The van der Waals surface area contributed by atoms with Crippen LogP contribution in [0.2, 0.25) is 0 Å². The lowest BCUT2D eigenvalue weighted by Crippen LogP contribution is -2.59. The molecule has 0 aromatic heterocycles. The van der Waals surface area contributed by atoms with Crippen LogP contribution in [-0.2, 0) is 9.53 Å². The monoisotopic (exact) mass is 245 g/mol. The highest BCUT2D eigenvalue weighted by molar-refractivity contribution is 7.81. The maximum Gasteiger partial charge on any atom is 0.318 e. The zero-order valence-electron chi connectivity index (χ0n) is 10.8. The summed E-state index contributed by atoms with van der Waals surface area (Å²) in [5.41, 5.74) is 0.0130. The lowest BCUT2D eigenvalue weighted by molar-refractivity contribution is -0.152. The molecule has 1 N–H and O–H groups in total. The summed E-state index contributed by atoms with van der Waals surface area (Å²) < 4.78 is 5.47. The molecule has 3 nitrogen and oxygen atoms in total. The summed E-state index contributed by atoms with van der Waals surface area (Å²) in [5, 5.41) is 3.21. The Bertz CT molecular complexity index is 258. The minimum atomic E-state index is -0.346. The van der Waals surface area contributed by atoms with Gasteiger partial charge in [0, 0.05) is 23.9 Å². The second-order valence-corrected chi connectivity index (χ2v) is 6.81. The van der Waals surface area contributed by atoms with Gasteiger partial charge in [-0.2, -0.15) is 12.6 Å². The van der Waals surface area contributed by atoms with Crippen molar-refractivity contribution in [3.63, 3.8) is 0 Å². The quantitative estimate of drug-likeness (QED) is 0.578. The first kappa shape index (κ1) is 13.8.